The molecule has 0 spiro atoms. The number of aromatic nitrogens is 2. The molecule has 1 aromatic rings. The third-order valence-corrected chi connectivity index (χ3v) is 2.74. The van der Waals surface area contributed by atoms with Crippen LogP contribution in [-0.2, 0) is 0 Å². The number of nitrogens with two attached hydrogens (primary N) is 1. The Kier molecular flexibility index (Phi) is 2.89. The highest BCUT2D eigenvalue weighted by molar-refractivity contribution is 5.66. The minimum absolute atomic E-state index is 0.436. The van der Waals surface area contributed by atoms with Crippen molar-refractivity contribution in [3.05, 3.63) is 6.33 Å². The van der Waals surface area contributed by atoms with Gasteiger partial charge in [0.05, 0.1) is 7.11 Å². The van der Waals surface area contributed by atoms with Gasteiger partial charge in [0.2, 0.25) is 5.88 Å². The summed E-state index contributed by atoms with van der Waals surface area (Å²) in [5.41, 5.74) is 6.35. The summed E-state index contributed by atoms with van der Waals surface area (Å²) < 4.78 is 5.03. The molecule has 0 bridgehead atoms. The van der Waals surface area contributed by atoms with Crippen LogP contribution in [0.2, 0.25) is 0 Å². The van der Waals surface area contributed by atoms with E-state index in [4.69, 9.17) is 10.5 Å². The molecule has 1 aliphatic carbocycles. The summed E-state index contributed by atoms with van der Waals surface area (Å²) in [6.07, 6.45) is 6.39. The number of nitrogens with one attached hydrogen (secondary N) is 1. The minimum atomic E-state index is 0.436. The lowest BCUT2D eigenvalue weighted by Crippen LogP contribution is -2.17. The van der Waals surface area contributed by atoms with Crippen LogP contribution in [0.25, 0.3) is 0 Å². The molecule has 1 aromatic heterocycles. The number of methoxy groups -OCH3 is 1. The highest BCUT2D eigenvalue weighted by Crippen LogP contribution is 2.28. The Morgan fingerprint density at radius 2 is 2.13 bits per heavy atom. The van der Waals surface area contributed by atoms with Crippen LogP contribution >= 0.6 is 0 Å². The van der Waals surface area contributed by atoms with Gasteiger partial charge in [-0.3, -0.25) is 0 Å². The van der Waals surface area contributed by atoms with Crippen LogP contribution in [0.3, 0.4) is 0 Å². The molecule has 0 saturated heterocycles. The number of anilines is 2. The van der Waals surface area contributed by atoms with Gasteiger partial charge in [0.15, 0.2) is 5.82 Å². The molecular formula is C10H16N4O. The van der Waals surface area contributed by atoms with Crippen LogP contribution in [0, 0.1) is 0 Å². The molecular weight excluding hydrogens is 192 g/mol. The lowest BCUT2D eigenvalue weighted by Gasteiger charge is -2.14. The van der Waals surface area contributed by atoms with Crippen LogP contribution in [0.1, 0.15) is 25.7 Å². The second kappa shape index (κ2) is 4.33. The average molecular weight is 208 g/mol. The van der Waals surface area contributed by atoms with Crippen LogP contribution in [0.5, 0.6) is 5.88 Å². The van der Waals surface area contributed by atoms with Gasteiger partial charge in [0, 0.05) is 6.04 Å². The number of nitrogens with zero attached hydrogens (tertiary/aromatic N) is 2. The van der Waals surface area contributed by atoms with Crippen molar-refractivity contribution in [2.45, 2.75) is 31.7 Å². The van der Waals surface area contributed by atoms with Gasteiger partial charge in [-0.1, -0.05) is 12.8 Å². The fourth-order valence-electron chi connectivity index (χ4n) is 1.92. The topological polar surface area (TPSA) is 73.1 Å². The molecule has 82 valence electrons. The Morgan fingerprint density at radius 3 is 2.80 bits per heavy atom. The molecule has 2 rings (SSSR count). The summed E-state index contributed by atoms with van der Waals surface area (Å²) in [6, 6.07) is 0.493. The predicted octanol–water partition coefficient (Wildman–Crippen LogP) is 1.42. The van der Waals surface area contributed by atoms with Crippen LogP contribution < -0.4 is 15.8 Å². The van der Waals surface area contributed by atoms with Crippen molar-refractivity contribution >= 4 is 11.5 Å². The first-order valence-corrected chi connectivity index (χ1v) is 5.22. The first-order valence-electron chi connectivity index (χ1n) is 5.22. The van der Waals surface area contributed by atoms with E-state index in [0.29, 0.717) is 23.4 Å². The molecule has 0 amide bonds. The van der Waals surface area contributed by atoms with E-state index in [9.17, 15) is 0 Å². The molecule has 0 radical (unpaired) electrons. The quantitative estimate of drug-likeness (QED) is 0.786. The number of nitrogen functional groups attached to an aromatic ring is 1. The number of ether oxygens (including phenoxy) is 1. The maximum Gasteiger partial charge on any atom is 0.242 e. The Morgan fingerprint density at radius 1 is 1.40 bits per heavy atom. The number of rotatable bonds is 3. The van der Waals surface area contributed by atoms with E-state index in [1.807, 2.05) is 0 Å². The third kappa shape index (κ3) is 2.11. The van der Waals surface area contributed by atoms with Gasteiger partial charge in [0.1, 0.15) is 12.0 Å². The van der Waals surface area contributed by atoms with E-state index >= 15 is 0 Å². The SMILES string of the molecule is COc1ncnc(NC2CCCC2)c1N. The predicted molar refractivity (Wildman–Crippen MR) is 58.9 cm³/mol. The molecule has 0 unspecified atom stereocenters. The van der Waals surface area contributed by atoms with Crippen molar-refractivity contribution in [1.82, 2.24) is 9.97 Å². The molecule has 0 aliphatic heterocycles. The number of hydrogen-bond donors (Lipinski definition) is 2. The Balaban J connectivity index is 2.13. The summed E-state index contributed by atoms with van der Waals surface area (Å²) in [7, 11) is 1.55. The van der Waals surface area contributed by atoms with Gasteiger partial charge < -0.3 is 15.8 Å². The Hall–Kier alpha value is -1.52. The Bertz CT molecular complexity index is 336. The zero-order valence-corrected chi connectivity index (χ0v) is 8.86. The second-order valence-electron chi connectivity index (χ2n) is 3.77. The molecule has 1 aliphatic rings. The summed E-state index contributed by atoms with van der Waals surface area (Å²) in [4.78, 5) is 8.06. The van der Waals surface area contributed by atoms with E-state index in [0.717, 1.165) is 0 Å². The third-order valence-electron chi connectivity index (χ3n) is 2.74. The first-order chi connectivity index (χ1) is 7.31. The summed E-state index contributed by atoms with van der Waals surface area (Å²) in [5.74, 6) is 1.12. The van der Waals surface area contributed by atoms with Gasteiger partial charge in [-0.25, -0.2) is 4.98 Å². The summed E-state index contributed by atoms with van der Waals surface area (Å²) in [5, 5.41) is 3.33. The largest absolute Gasteiger partial charge is 0.479 e. The van der Waals surface area contributed by atoms with Gasteiger partial charge in [0.25, 0.3) is 0 Å². The van der Waals surface area contributed by atoms with Gasteiger partial charge in [-0.15, -0.1) is 0 Å². The monoisotopic (exact) mass is 208 g/mol. The lowest BCUT2D eigenvalue weighted by molar-refractivity contribution is 0.399. The normalized spacial score (nSPS) is 16.6. The number of hydrogen-bond acceptors (Lipinski definition) is 5. The van der Waals surface area contributed by atoms with Crippen molar-refractivity contribution in [1.29, 1.82) is 0 Å². The van der Waals surface area contributed by atoms with Crippen molar-refractivity contribution < 1.29 is 4.74 Å². The van der Waals surface area contributed by atoms with Crippen LogP contribution in [-0.4, -0.2) is 23.1 Å². The molecule has 0 aromatic carbocycles. The van der Waals surface area contributed by atoms with Crippen molar-refractivity contribution in [3.8, 4) is 5.88 Å². The van der Waals surface area contributed by atoms with Crippen LogP contribution in [0.15, 0.2) is 6.33 Å². The van der Waals surface area contributed by atoms with Crippen molar-refractivity contribution in [2.24, 2.45) is 0 Å². The second-order valence-corrected chi connectivity index (χ2v) is 3.77. The van der Waals surface area contributed by atoms with Gasteiger partial charge in [-0.2, -0.15) is 4.98 Å². The average Bonchev–Trinajstić information content (AvgIpc) is 2.74. The molecule has 1 fully saturated rings. The van der Waals surface area contributed by atoms with Crippen molar-refractivity contribution in [2.75, 3.05) is 18.2 Å². The van der Waals surface area contributed by atoms with Gasteiger partial charge >= 0.3 is 0 Å². The van der Waals surface area contributed by atoms with Crippen LogP contribution in [0.4, 0.5) is 11.5 Å². The maximum atomic E-state index is 5.86. The highest BCUT2D eigenvalue weighted by atomic mass is 16.5. The van der Waals surface area contributed by atoms with E-state index in [-0.39, 0.29) is 0 Å². The molecule has 15 heavy (non-hydrogen) atoms. The molecule has 1 heterocycles. The smallest absolute Gasteiger partial charge is 0.242 e. The van der Waals surface area contributed by atoms with Crippen molar-refractivity contribution in [3.63, 3.8) is 0 Å². The molecule has 5 nitrogen and oxygen atoms in total. The minimum Gasteiger partial charge on any atom is -0.479 e. The van der Waals surface area contributed by atoms with Gasteiger partial charge in [-0.05, 0) is 12.8 Å². The van der Waals surface area contributed by atoms with E-state index in [1.165, 1.54) is 32.0 Å². The maximum absolute atomic E-state index is 5.86. The standard InChI is InChI=1S/C10H16N4O/c1-15-10-8(11)9(12-6-13-10)14-7-4-2-3-5-7/h6-7H,2-5,11H2,1H3,(H,12,13,14). The highest BCUT2D eigenvalue weighted by Gasteiger charge is 2.17. The Labute approximate surface area is 89.1 Å². The molecule has 5 heteroatoms. The fraction of sp³-hybridized carbons (Fsp3) is 0.600. The molecule has 1 saturated carbocycles. The first kappa shape index (κ1) is 10.0. The van der Waals surface area contributed by atoms with E-state index in [2.05, 4.69) is 15.3 Å². The lowest BCUT2D eigenvalue weighted by atomic mass is 10.2. The molecule has 3 N–H and O–H groups in total. The zero-order valence-electron chi connectivity index (χ0n) is 8.86. The van der Waals surface area contributed by atoms with E-state index in [1.54, 1.807) is 7.11 Å². The zero-order chi connectivity index (χ0) is 10.7. The summed E-state index contributed by atoms with van der Waals surface area (Å²) in [6.45, 7) is 0. The van der Waals surface area contributed by atoms with E-state index < -0.39 is 0 Å². The molecule has 0 atom stereocenters. The summed E-state index contributed by atoms with van der Waals surface area (Å²) >= 11 is 0. The fourth-order valence-corrected chi connectivity index (χ4v) is 1.92.